The Morgan fingerprint density at radius 2 is 1.89 bits per heavy atom. The van der Waals surface area contributed by atoms with Crippen molar-refractivity contribution >= 4 is 11.8 Å². The molecule has 0 amide bonds. The maximum Gasteiger partial charge on any atom is 0.433 e. The largest absolute Gasteiger partial charge is 0.433 e. The van der Waals surface area contributed by atoms with Crippen LogP contribution in [0.1, 0.15) is 38.3 Å². The van der Waals surface area contributed by atoms with Gasteiger partial charge >= 0.3 is 6.18 Å². The fraction of sp³-hybridized carbons (Fsp3) is 0.667. The SMILES string of the molecule is CCCCCCNc1cc(C(F)(F)F)nc(NC)n1. The highest BCUT2D eigenvalue weighted by Crippen LogP contribution is 2.29. The minimum Gasteiger partial charge on any atom is -0.370 e. The molecular weight excluding hydrogens is 257 g/mol. The van der Waals surface area contributed by atoms with E-state index in [0.717, 1.165) is 31.7 Å². The van der Waals surface area contributed by atoms with Gasteiger partial charge in [-0.1, -0.05) is 26.2 Å². The molecule has 1 heterocycles. The Kier molecular flexibility index (Phi) is 5.85. The van der Waals surface area contributed by atoms with Gasteiger partial charge in [-0.05, 0) is 6.42 Å². The Balaban J connectivity index is 2.67. The van der Waals surface area contributed by atoms with Gasteiger partial charge in [-0.3, -0.25) is 0 Å². The zero-order valence-corrected chi connectivity index (χ0v) is 11.1. The summed E-state index contributed by atoms with van der Waals surface area (Å²) in [4.78, 5) is 7.34. The number of rotatable bonds is 7. The number of hydrogen-bond donors (Lipinski definition) is 2. The Hall–Kier alpha value is -1.53. The van der Waals surface area contributed by atoms with Crippen molar-refractivity contribution in [3.05, 3.63) is 11.8 Å². The molecule has 0 saturated heterocycles. The van der Waals surface area contributed by atoms with Gasteiger partial charge in [0.15, 0.2) is 5.69 Å². The first-order valence-corrected chi connectivity index (χ1v) is 6.35. The van der Waals surface area contributed by atoms with E-state index in [2.05, 4.69) is 27.5 Å². The van der Waals surface area contributed by atoms with Gasteiger partial charge in [0.1, 0.15) is 5.82 Å². The lowest BCUT2D eigenvalue weighted by molar-refractivity contribution is -0.141. The van der Waals surface area contributed by atoms with Crippen LogP contribution in [0.25, 0.3) is 0 Å². The number of halogens is 3. The lowest BCUT2D eigenvalue weighted by Gasteiger charge is -2.11. The Labute approximate surface area is 110 Å². The van der Waals surface area contributed by atoms with Crippen molar-refractivity contribution in [1.82, 2.24) is 9.97 Å². The van der Waals surface area contributed by atoms with Crippen molar-refractivity contribution in [3.63, 3.8) is 0 Å². The van der Waals surface area contributed by atoms with Crippen molar-refractivity contribution in [3.8, 4) is 0 Å². The zero-order valence-electron chi connectivity index (χ0n) is 11.1. The normalized spacial score (nSPS) is 11.4. The second kappa shape index (κ2) is 7.16. The van der Waals surface area contributed by atoms with E-state index in [1.165, 1.54) is 7.05 Å². The van der Waals surface area contributed by atoms with E-state index in [1.807, 2.05) is 0 Å². The van der Waals surface area contributed by atoms with E-state index in [1.54, 1.807) is 0 Å². The summed E-state index contributed by atoms with van der Waals surface area (Å²) in [5.74, 6) is 0.161. The third-order valence-corrected chi connectivity index (χ3v) is 2.58. The molecule has 1 aromatic rings. The predicted octanol–water partition coefficient (Wildman–Crippen LogP) is 3.53. The van der Waals surface area contributed by atoms with E-state index in [4.69, 9.17) is 0 Å². The number of unbranched alkanes of at least 4 members (excludes halogenated alkanes) is 3. The van der Waals surface area contributed by atoms with Crippen LogP contribution < -0.4 is 10.6 Å². The molecule has 0 aromatic carbocycles. The van der Waals surface area contributed by atoms with E-state index in [0.29, 0.717) is 6.54 Å². The van der Waals surface area contributed by atoms with Crippen molar-refractivity contribution < 1.29 is 13.2 Å². The van der Waals surface area contributed by atoms with E-state index < -0.39 is 11.9 Å². The van der Waals surface area contributed by atoms with Crippen LogP contribution in [0.3, 0.4) is 0 Å². The number of nitrogens with one attached hydrogen (secondary N) is 2. The molecule has 7 heteroatoms. The van der Waals surface area contributed by atoms with Crippen LogP contribution in [-0.2, 0) is 6.18 Å². The number of hydrogen-bond acceptors (Lipinski definition) is 4. The topological polar surface area (TPSA) is 49.8 Å². The summed E-state index contributed by atoms with van der Waals surface area (Å²) < 4.78 is 37.9. The summed E-state index contributed by atoms with van der Waals surface area (Å²) in [6.45, 7) is 2.71. The lowest BCUT2D eigenvalue weighted by Crippen LogP contribution is -2.13. The molecule has 0 fully saturated rings. The van der Waals surface area contributed by atoms with Crippen molar-refractivity contribution in [1.29, 1.82) is 0 Å². The van der Waals surface area contributed by atoms with Crippen molar-refractivity contribution in [2.75, 3.05) is 24.2 Å². The molecule has 4 nitrogen and oxygen atoms in total. The van der Waals surface area contributed by atoms with E-state index in [9.17, 15) is 13.2 Å². The van der Waals surface area contributed by atoms with Crippen molar-refractivity contribution in [2.45, 2.75) is 38.8 Å². The maximum atomic E-state index is 12.6. The number of alkyl halides is 3. The summed E-state index contributed by atoms with van der Waals surface area (Å²) >= 11 is 0. The highest BCUT2D eigenvalue weighted by Gasteiger charge is 2.33. The van der Waals surface area contributed by atoms with Crippen LogP contribution >= 0.6 is 0 Å². The van der Waals surface area contributed by atoms with Crippen LogP contribution in [-0.4, -0.2) is 23.6 Å². The van der Waals surface area contributed by atoms with Gasteiger partial charge in [0.25, 0.3) is 0 Å². The molecule has 0 bridgehead atoms. The Morgan fingerprint density at radius 3 is 2.47 bits per heavy atom. The van der Waals surface area contributed by atoms with Gasteiger partial charge in [-0.2, -0.15) is 18.2 Å². The smallest absolute Gasteiger partial charge is 0.370 e. The number of aromatic nitrogens is 2. The molecule has 0 unspecified atom stereocenters. The van der Waals surface area contributed by atoms with Gasteiger partial charge < -0.3 is 10.6 Å². The summed E-state index contributed by atoms with van der Waals surface area (Å²) in [6.07, 6.45) is -0.252. The van der Waals surface area contributed by atoms with Gasteiger partial charge in [-0.15, -0.1) is 0 Å². The summed E-state index contributed by atoms with van der Waals surface area (Å²) in [6, 6.07) is 0.931. The Morgan fingerprint density at radius 1 is 1.16 bits per heavy atom. The van der Waals surface area contributed by atoms with Crippen LogP contribution in [0.4, 0.5) is 24.9 Å². The fourth-order valence-corrected chi connectivity index (χ4v) is 1.56. The average molecular weight is 276 g/mol. The second-order valence-corrected chi connectivity index (χ2v) is 4.20. The third kappa shape index (κ3) is 5.32. The van der Waals surface area contributed by atoms with Gasteiger partial charge in [0, 0.05) is 19.7 Å². The van der Waals surface area contributed by atoms with Gasteiger partial charge in [0.2, 0.25) is 5.95 Å². The first-order valence-electron chi connectivity index (χ1n) is 6.35. The predicted molar refractivity (Wildman–Crippen MR) is 69.2 cm³/mol. The minimum atomic E-state index is -4.47. The molecule has 0 radical (unpaired) electrons. The quantitative estimate of drug-likeness (QED) is 0.748. The Bertz CT molecular complexity index is 393. The van der Waals surface area contributed by atoms with E-state index in [-0.39, 0.29) is 11.8 Å². The van der Waals surface area contributed by atoms with Crippen molar-refractivity contribution in [2.24, 2.45) is 0 Å². The molecule has 0 saturated carbocycles. The van der Waals surface area contributed by atoms with Gasteiger partial charge in [0.05, 0.1) is 0 Å². The average Bonchev–Trinajstić information content (AvgIpc) is 2.37. The lowest BCUT2D eigenvalue weighted by atomic mass is 10.2. The van der Waals surface area contributed by atoms with Crippen LogP contribution in [0.2, 0.25) is 0 Å². The summed E-state index contributed by atoms with van der Waals surface area (Å²) in [5.41, 5.74) is -0.942. The number of nitrogens with zero attached hydrogens (tertiary/aromatic N) is 2. The molecule has 0 atom stereocenters. The summed E-state index contributed by atoms with van der Waals surface area (Å²) in [7, 11) is 1.49. The molecule has 1 aromatic heterocycles. The molecule has 0 aliphatic carbocycles. The molecule has 108 valence electrons. The molecule has 1 rings (SSSR count). The molecular formula is C12H19F3N4. The van der Waals surface area contributed by atoms with Crippen LogP contribution in [0, 0.1) is 0 Å². The monoisotopic (exact) mass is 276 g/mol. The summed E-state index contributed by atoms with van der Waals surface area (Å²) in [5, 5.41) is 5.43. The van der Waals surface area contributed by atoms with Gasteiger partial charge in [-0.25, -0.2) is 4.98 Å². The van der Waals surface area contributed by atoms with E-state index >= 15 is 0 Å². The first-order chi connectivity index (χ1) is 8.97. The third-order valence-electron chi connectivity index (χ3n) is 2.58. The fourth-order valence-electron chi connectivity index (χ4n) is 1.56. The maximum absolute atomic E-state index is 12.6. The highest BCUT2D eigenvalue weighted by molar-refractivity contribution is 5.42. The molecule has 0 aliphatic rings. The molecule has 2 N–H and O–H groups in total. The van der Waals surface area contributed by atoms with Crippen LogP contribution in [0.15, 0.2) is 6.07 Å². The molecule has 19 heavy (non-hydrogen) atoms. The zero-order chi connectivity index (χ0) is 14.3. The second-order valence-electron chi connectivity index (χ2n) is 4.20. The van der Waals surface area contributed by atoms with Crippen LogP contribution in [0.5, 0.6) is 0 Å². The first kappa shape index (κ1) is 15.5. The highest BCUT2D eigenvalue weighted by atomic mass is 19.4. The molecule has 0 aliphatic heterocycles. The molecule has 0 spiro atoms. The standard InChI is InChI=1S/C12H19F3N4/c1-3-4-5-6-7-17-10-8-9(12(13,14)15)18-11(16-2)19-10/h8H,3-7H2,1-2H3,(H2,16,17,18,19). The number of anilines is 2. The minimum absolute atomic E-state index is 0.0362.